The van der Waals surface area contributed by atoms with Crippen molar-refractivity contribution in [3.8, 4) is 0 Å². The highest BCUT2D eigenvalue weighted by atomic mass is 79.9. The molecule has 0 aliphatic carbocycles. The van der Waals surface area contributed by atoms with Crippen LogP contribution in [0, 0.1) is 6.92 Å². The molecule has 2 aromatic carbocycles. The summed E-state index contributed by atoms with van der Waals surface area (Å²) in [5, 5.41) is 0. The third-order valence-corrected chi connectivity index (χ3v) is 6.77. The molecule has 1 saturated heterocycles. The molecule has 0 N–H and O–H groups in total. The van der Waals surface area contributed by atoms with E-state index in [9.17, 15) is 8.42 Å². The van der Waals surface area contributed by atoms with Gasteiger partial charge in [0.15, 0.2) is 0 Å². The number of hydrogen-bond donors (Lipinski definition) is 0. The molecule has 2 atom stereocenters. The molecular formula is C18H20BrNO3S. The van der Waals surface area contributed by atoms with Gasteiger partial charge < -0.3 is 4.74 Å². The first-order chi connectivity index (χ1) is 11.4. The third-order valence-electron chi connectivity index (χ3n) is 4.25. The quantitative estimate of drug-likeness (QED) is 0.771. The molecule has 1 fully saturated rings. The average Bonchev–Trinajstić information content (AvgIpc) is 2.56. The molecule has 0 bridgehead atoms. The highest BCUT2D eigenvalue weighted by Gasteiger charge is 2.36. The highest BCUT2D eigenvalue weighted by Crippen LogP contribution is 2.30. The number of rotatable bonds is 3. The molecule has 0 unspecified atom stereocenters. The normalized spacial score (nSPS) is 22.5. The van der Waals surface area contributed by atoms with Gasteiger partial charge in [0.1, 0.15) is 0 Å². The van der Waals surface area contributed by atoms with Crippen molar-refractivity contribution in [3.63, 3.8) is 0 Å². The van der Waals surface area contributed by atoms with Gasteiger partial charge in [-0.2, -0.15) is 4.31 Å². The van der Waals surface area contributed by atoms with Crippen LogP contribution in [0.1, 0.15) is 24.2 Å². The molecule has 2 aromatic rings. The second kappa shape index (κ2) is 6.96. The molecule has 4 nitrogen and oxygen atoms in total. The maximum absolute atomic E-state index is 13.0. The van der Waals surface area contributed by atoms with E-state index >= 15 is 0 Å². The fraction of sp³-hybridized carbons (Fsp3) is 0.333. The Labute approximate surface area is 151 Å². The molecule has 0 saturated carbocycles. The SMILES string of the molecule is Cc1ccc(S(=O)(=O)N2C[C@H](c3ccc(Br)cc3)OC[C@@H]2C)cc1. The van der Waals surface area contributed by atoms with Gasteiger partial charge in [0, 0.05) is 17.1 Å². The molecule has 0 amide bonds. The van der Waals surface area contributed by atoms with Crippen LogP contribution >= 0.6 is 15.9 Å². The fourth-order valence-electron chi connectivity index (χ4n) is 2.79. The van der Waals surface area contributed by atoms with Crippen LogP contribution < -0.4 is 0 Å². The van der Waals surface area contributed by atoms with Crippen LogP contribution in [0.25, 0.3) is 0 Å². The zero-order valence-corrected chi connectivity index (χ0v) is 16.0. The Kier molecular flexibility index (Phi) is 5.11. The summed E-state index contributed by atoms with van der Waals surface area (Å²) in [6.07, 6.45) is -0.255. The molecule has 128 valence electrons. The van der Waals surface area contributed by atoms with Crippen molar-refractivity contribution in [3.05, 3.63) is 64.1 Å². The third kappa shape index (κ3) is 3.57. The van der Waals surface area contributed by atoms with Crippen LogP contribution in [0.2, 0.25) is 0 Å². The minimum absolute atomic E-state index is 0.192. The van der Waals surface area contributed by atoms with Crippen molar-refractivity contribution < 1.29 is 13.2 Å². The van der Waals surface area contributed by atoms with Crippen molar-refractivity contribution in [1.29, 1.82) is 0 Å². The van der Waals surface area contributed by atoms with E-state index in [2.05, 4.69) is 15.9 Å². The lowest BCUT2D eigenvalue weighted by atomic mass is 10.1. The van der Waals surface area contributed by atoms with Gasteiger partial charge in [-0.3, -0.25) is 0 Å². The monoisotopic (exact) mass is 409 g/mol. The van der Waals surface area contributed by atoms with Crippen molar-refractivity contribution >= 4 is 26.0 Å². The summed E-state index contributed by atoms with van der Waals surface area (Å²) in [5.41, 5.74) is 2.02. The second-order valence-electron chi connectivity index (χ2n) is 6.11. The number of nitrogens with zero attached hydrogens (tertiary/aromatic N) is 1. The largest absolute Gasteiger partial charge is 0.370 e. The van der Waals surface area contributed by atoms with E-state index in [0.717, 1.165) is 15.6 Å². The lowest BCUT2D eigenvalue weighted by molar-refractivity contribution is -0.0288. The lowest BCUT2D eigenvalue weighted by Crippen LogP contribution is -2.48. The van der Waals surface area contributed by atoms with Gasteiger partial charge in [0.05, 0.1) is 17.6 Å². The van der Waals surface area contributed by atoms with Gasteiger partial charge in [0.2, 0.25) is 10.0 Å². The van der Waals surface area contributed by atoms with Crippen LogP contribution in [0.15, 0.2) is 57.9 Å². The van der Waals surface area contributed by atoms with Gasteiger partial charge in [-0.15, -0.1) is 0 Å². The van der Waals surface area contributed by atoms with E-state index in [1.807, 2.05) is 50.2 Å². The Balaban J connectivity index is 1.88. The van der Waals surface area contributed by atoms with Crippen molar-refractivity contribution in [2.24, 2.45) is 0 Å². The molecule has 0 spiro atoms. The summed E-state index contributed by atoms with van der Waals surface area (Å²) >= 11 is 3.41. The average molecular weight is 410 g/mol. The van der Waals surface area contributed by atoms with Crippen LogP contribution in [0.3, 0.4) is 0 Å². The molecule has 0 radical (unpaired) electrons. The molecular weight excluding hydrogens is 390 g/mol. The molecule has 1 aliphatic rings. The van der Waals surface area contributed by atoms with Crippen LogP contribution in [-0.2, 0) is 14.8 Å². The maximum Gasteiger partial charge on any atom is 0.243 e. The minimum atomic E-state index is -3.53. The predicted molar refractivity (Wildman–Crippen MR) is 97.4 cm³/mol. The number of benzene rings is 2. The predicted octanol–water partition coefficient (Wildman–Crippen LogP) is 3.91. The molecule has 3 rings (SSSR count). The molecule has 24 heavy (non-hydrogen) atoms. The second-order valence-corrected chi connectivity index (χ2v) is 8.92. The summed E-state index contributed by atoms with van der Waals surface area (Å²) in [4.78, 5) is 0.330. The van der Waals surface area contributed by atoms with Crippen molar-refractivity contribution in [2.45, 2.75) is 30.9 Å². The van der Waals surface area contributed by atoms with E-state index in [1.54, 1.807) is 16.4 Å². The Morgan fingerprint density at radius 3 is 2.33 bits per heavy atom. The Morgan fingerprint density at radius 1 is 1.08 bits per heavy atom. The zero-order chi connectivity index (χ0) is 17.3. The first-order valence-electron chi connectivity index (χ1n) is 7.83. The summed E-state index contributed by atoms with van der Waals surface area (Å²) < 4.78 is 34.4. The smallest absolute Gasteiger partial charge is 0.243 e. The number of hydrogen-bond acceptors (Lipinski definition) is 3. The van der Waals surface area contributed by atoms with Crippen molar-refractivity contribution in [1.82, 2.24) is 4.31 Å². The Morgan fingerprint density at radius 2 is 1.71 bits per heavy atom. The summed E-state index contributed by atoms with van der Waals surface area (Å²) in [6, 6.07) is 14.6. The Hall–Kier alpha value is -1.21. The van der Waals surface area contributed by atoms with Crippen LogP contribution in [0.4, 0.5) is 0 Å². The van der Waals surface area contributed by atoms with Gasteiger partial charge in [0.25, 0.3) is 0 Å². The van der Waals surface area contributed by atoms with Crippen LogP contribution in [0.5, 0.6) is 0 Å². The summed E-state index contributed by atoms with van der Waals surface area (Å²) in [6.45, 7) is 4.52. The first kappa shape index (κ1) is 17.6. The van der Waals surface area contributed by atoms with Crippen LogP contribution in [-0.4, -0.2) is 31.9 Å². The number of morpholine rings is 1. The number of sulfonamides is 1. The Bertz CT molecular complexity index is 803. The summed E-state index contributed by atoms with van der Waals surface area (Å²) in [7, 11) is -3.53. The highest BCUT2D eigenvalue weighted by molar-refractivity contribution is 9.10. The molecule has 6 heteroatoms. The minimum Gasteiger partial charge on any atom is -0.370 e. The van der Waals surface area contributed by atoms with E-state index in [1.165, 1.54) is 0 Å². The molecule has 1 heterocycles. The standard InChI is InChI=1S/C18H20BrNO3S/c1-13-3-9-17(10-4-13)24(21,22)20-11-18(23-12-14(20)2)15-5-7-16(19)8-6-15/h3-10,14,18H,11-12H2,1-2H3/t14-,18+/m0/s1. The van der Waals surface area contributed by atoms with E-state index in [-0.39, 0.29) is 12.1 Å². The van der Waals surface area contributed by atoms with E-state index in [0.29, 0.717) is 18.0 Å². The van der Waals surface area contributed by atoms with Crippen molar-refractivity contribution in [2.75, 3.05) is 13.2 Å². The van der Waals surface area contributed by atoms with Gasteiger partial charge in [-0.1, -0.05) is 45.8 Å². The number of ether oxygens (including phenoxy) is 1. The number of halogens is 1. The number of aryl methyl sites for hydroxylation is 1. The molecule has 1 aliphatic heterocycles. The van der Waals surface area contributed by atoms with E-state index in [4.69, 9.17) is 4.74 Å². The fourth-order valence-corrected chi connectivity index (χ4v) is 4.68. The first-order valence-corrected chi connectivity index (χ1v) is 10.1. The van der Waals surface area contributed by atoms with Gasteiger partial charge >= 0.3 is 0 Å². The molecule has 0 aromatic heterocycles. The summed E-state index contributed by atoms with van der Waals surface area (Å²) in [5.74, 6) is 0. The zero-order valence-electron chi connectivity index (χ0n) is 13.6. The maximum atomic E-state index is 13.0. The van der Waals surface area contributed by atoms with E-state index < -0.39 is 10.0 Å². The lowest BCUT2D eigenvalue weighted by Gasteiger charge is -2.37. The van der Waals surface area contributed by atoms with Gasteiger partial charge in [-0.05, 0) is 43.7 Å². The van der Waals surface area contributed by atoms with Gasteiger partial charge in [-0.25, -0.2) is 8.42 Å². The topological polar surface area (TPSA) is 46.6 Å².